The number of aliphatic imine (C=N–C) groups is 1. The number of benzene rings is 3. The minimum absolute atomic E-state index is 0.0158. The van der Waals surface area contributed by atoms with Crippen molar-refractivity contribution < 1.29 is 91.7 Å². The van der Waals surface area contributed by atoms with Crippen LogP contribution in [0.25, 0.3) is 21.8 Å². The fraction of sp³-hybridized carbons (Fsp3) is 0.522. The maximum absolute atomic E-state index is 15.8. The number of guanidine groups is 2. The second-order valence-electron chi connectivity index (χ2n) is 35.5. The van der Waals surface area contributed by atoms with Gasteiger partial charge in [-0.3, -0.25) is 86.9 Å². The number of aromatic amines is 3. The van der Waals surface area contributed by atoms with Crippen molar-refractivity contribution in [3.05, 3.63) is 120 Å². The normalized spacial score (nSPS) is 24.3. The van der Waals surface area contributed by atoms with Crippen LogP contribution in [-0.4, -0.2) is 323 Å². The lowest BCUT2D eigenvalue weighted by atomic mass is 10.00. The molecule has 3 aromatic heterocycles. The standard InChI is InChI=1S/C92H131N27O19S/c1-9-11-24-70-83(131)107-61(23-17-31-100-91(95)96)79(127)114-69(78(126)103-43-75(94)123)46-139-47-76(124)106-65(34-51-27-29-54(30-28-51)105-92(97)98)86(134)115(6)50(5)77(125)110-67(39-74(93)122)88(136)118-32-18-26-71(118)84(132)109-63(37-55-42-99-48-104-55)81(129)111-64(33-49(3)4)89(137)119-44-56(121)38-73(119)85(133)108-62(35-52-40-101-59-21-15-13-19-57(52)59)80(128)113-68(45-120)82(130)112-66(36-53-41-102-60-22-16-14-20-58(53)60)87(135)117(8)72(25-12-10-2)90(138)116(70)7/h13-16,19-22,27-30,40-42,48-50,56,61-73,101-102,120-121H,9-12,17-18,23-26,31-39,43-47H2,1-8H3,(H2,93,122)(H2,94,123)(H,99,104)(H,103,126)(H,106,124)(H,107,131)(H,108,133)(H,109,132)(H,110,125)(H,111,129)(H,112,130)(H,113,128)(H,114,127)(H4,95,96,100)(H4,97,98,105)/t50-,56+,61-,62-,63-,64-,65-,66-,67?,68-,69-,70-,71-,72-,73?/m0/s1. The number of aliphatic hydroxyl groups is 2. The first-order chi connectivity index (χ1) is 66.2. The number of nitrogens with one attached hydrogen (secondary N) is 15. The van der Waals surface area contributed by atoms with Crippen LogP contribution >= 0.6 is 11.8 Å². The highest BCUT2D eigenvalue weighted by Crippen LogP contribution is 2.28. The van der Waals surface area contributed by atoms with E-state index in [1.165, 1.54) is 52.7 Å². The molecule has 0 saturated carbocycles. The average Bonchev–Trinajstić information content (AvgIpc) is 1.71. The van der Waals surface area contributed by atoms with Gasteiger partial charge in [-0.05, 0) is 98.7 Å². The monoisotopic (exact) mass is 1950 g/mol. The van der Waals surface area contributed by atoms with E-state index in [1.54, 1.807) is 86.9 Å². The van der Waals surface area contributed by atoms with Gasteiger partial charge >= 0.3 is 0 Å². The minimum Gasteiger partial charge on any atom is -0.394 e. The summed E-state index contributed by atoms with van der Waals surface area (Å²) in [5, 5.41) is 61.0. The number of aliphatic hydroxyl groups excluding tert-OH is 2. The molecular formula is C92H131N27O19S. The highest BCUT2D eigenvalue weighted by atomic mass is 32.2. The summed E-state index contributed by atoms with van der Waals surface area (Å²) < 4.78 is 0. The molecule has 3 saturated heterocycles. The predicted octanol–water partition coefficient (Wildman–Crippen LogP) is -3.73. The fourth-order valence-electron chi connectivity index (χ4n) is 17.0. The Kier molecular flexibility index (Phi) is 40.4. The summed E-state index contributed by atoms with van der Waals surface area (Å²) in [6.07, 6.45) is 3.58. The highest BCUT2D eigenvalue weighted by molar-refractivity contribution is 8.00. The number of amides is 17. The molecule has 47 heteroatoms. The van der Waals surface area contributed by atoms with Gasteiger partial charge in [0.25, 0.3) is 0 Å². The van der Waals surface area contributed by atoms with Crippen LogP contribution in [0, 0.1) is 11.3 Å². The second kappa shape index (κ2) is 51.8. The number of primary amides is 2. The lowest BCUT2D eigenvalue weighted by Gasteiger charge is -2.36. The molecule has 139 heavy (non-hydrogen) atoms. The molecule has 3 aliphatic heterocycles. The van der Waals surface area contributed by atoms with Gasteiger partial charge in [-0.15, -0.1) is 11.8 Å². The summed E-state index contributed by atoms with van der Waals surface area (Å²) in [5.74, 6) is -18.3. The molecule has 15 atom stereocenters. The zero-order valence-electron chi connectivity index (χ0n) is 79.2. The summed E-state index contributed by atoms with van der Waals surface area (Å²) in [5.41, 5.74) is 31.4. The van der Waals surface area contributed by atoms with Gasteiger partial charge in [0.2, 0.25) is 100 Å². The average molecular weight is 1950 g/mol. The van der Waals surface area contributed by atoms with Crippen LogP contribution in [0.1, 0.15) is 140 Å². The number of nitrogens with two attached hydrogens (primary N) is 5. The van der Waals surface area contributed by atoms with Crippen molar-refractivity contribution in [1.82, 2.24) is 103 Å². The number of nitrogens with zero attached hydrogens (tertiary/aromatic N) is 7. The molecule has 6 aromatic rings. The number of carbonyl (C=O) groups is 17. The molecule has 9 rings (SSSR count). The number of unbranched alkanes of at least 4 members (excludes halogenated alkanes) is 2. The Morgan fingerprint density at radius 2 is 1.09 bits per heavy atom. The van der Waals surface area contributed by atoms with Crippen LogP contribution in [0.2, 0.25) is 0 Å². The van der Waals surface area contributed by atoms with E-state index in [9.17, 15) is 43.8 Å². The van der Waals surface area contributed by atoms with Crippen molar-refractivity contribution >= 4 is 152 Å². The Hall–Kier alpha value is -14.3. The number of carbonyl (C=O) groups excluding carboxylic acids is 17. The van der Waals surface area contributed by atoms with E-state index in [0.29, 0.717) is 75.6 Å². The van der Waals surface area contributed by atoms with E-state index in [0.717, 1.165) is 36.3 Å². The topological polar surface area (TPSA) is 706 Å². The number of imidazole rings is 1. The summed E-state index contributed by atoms with van der Waals surface area (Å²) in [6.45, 7) is 5.99. The number of aromatic nitrogens is 4. The van der Waals surface area contributed by atoms with Crippen LogP contribution in [0.3, 0.4) is 0 Å². The van der Waals surface area contributed by atoms with Crippen molar-refractivity contribution in [3.63, 3.8) is 0 Å². The molecule has 27 N–H and O–H groups in total. The Balaban J connectivity index is 1.11. The summed E-state index contributed by atoms with van der Waals surface area (Å²) in [7, 11) is 3.90. The number of para-hydroxylation sites is 2. The van der Waals surface area contributed by atoms with Crippen LogP contribution < -0.4 is 87.2 Å². The van der Waals surface area contributed by atoms with E-state index >= 15 is 47.9 Å². The summed E-state index contributed by atoms with van der Waals surface area (Å²) >= 11 is 0.760. The van der Waals surface area contributed by atoms with E-state index < -0.39 is 241 Å². The zero-order chi connectivity index (χ0) is 102. The van der Waals surface area contributed by atoms with Crippen molar-refractivity contribution in [2.24, 2.45) is 39.6 Å². The first-order valence-electron chi connectivity index (χ1n) is 46.4. The Morgan fingerprint density at radius 1 is 0.554 bits per heavy atom. The summed E-state index contributed by atoms with van der Waals surface area (Å²) in [6, 6.07) is -1.80. The fourth-order valence-corrected chi connectivity index (χ4v) is 17.9. The van der Waals surface area contributed by atoms with Gasteiger partial charge < -0.3 is 137 Å². The maximum atomic E-state index is 15.8. The molecule has 0 spiro atoms. The van der Waals surface area contributed by atoms with Crippen LogP contribution in [0.4, 0.5) is 5.69 Å². The first kappa shape index (κ1) is 108. The van der Waals surface area contributed by atoms with Crippen molar-refractivity contribution in [3.8, 4) is 0 Å². The third-order valence-corrected chi connectivity index (χ3v) is 25.6. The molecule has 0 aliphatic carbocycles. The van der Waals surface area contributed by atoms with E-state index in [1.807, 2.05) is 13.8 Å². The number of likely N-dealkylation sites (N-methyl/N-ethyl adjacent to an activating group) is 3. The predicted molar refractivity (Wildman–Crippen MR) is 514 cm³/mol. The third-order valence-electron chi connectivity index (χ3n) is 24.6. The van der Waals surface area contributed by atoms with Crippen molar-refractivity contribution in [1.29, 1.82) is 5.41 Å². The Labute approximate surface area is 807 Å². The van der Waals surface area contributed by atoms with Crippen LogP contribution in [-0.2, 0) is 107 Å². The number of H-pyrrole nitrogens is 3. The molecule has 3 aliphatic rings. The first-order valence-corrected chi connectivity index (χ1v) is 47.5. The molecule has 2 unspecified atom stereocenters. The van der Waals surface area contributed by atoms with Gasteiger partial charge in [0.05, 0.1) is 43.4 Å². The maximum Gasteiger partial charge on any atom is 0.246 e. The Morgan fingerprint density at radius 3 is 1.68 bits per heavy atom. The lowest BCUT2D eigenvalue weighted by Crippen LogP contribution is -2.62. The lowest BCUT2D eigenvalue weighted by molar-refractivity contribution is -0.149. The SMILES string of the molecule is CCCC[C@H]1C(=O)N(C)[C@@H](CCCC)C(=O)N[C@@H](CCCNC(=N)N)C(=O)N[C@H](C(=O)NCC(N)=O)CSCC(=O)N[C@@H](Cc2ccc(N=C(N)N)cc2)C(=O)N(C)[C@@H](C)C(=O)NC(CC(N)=O)C(=O)N2CCC[C@H]2C(=O)N[C@@H](Cc2cnc[nH]2)C(=O)N[C@@H](CC(C)C)C(=O)N2C[C@H](O)CC2C(=O)N[C@@H](Cc2c[nH]c3ccccc23)C(=O)N[C@@H](CO)C(=O)N[C@@H](Cc2c[nH]c3ccccc23)C(=O)N1C. The quantitative estimate of drug-likeness (QED) is 0.0134. The number of hydrogen-bond acceptors (Lipinski definition) is 23. The van der Waals surface area contributed by atoms with Gasteiger partial charge in [0.1, 0.15) is 84.6 Å². The van der Waals surface area contributed by atoms with Gasteiger partial charge in [-0.25, -0.2) is 9.98 Å². The highest BCUT2D eigenvalue weighted by Gasteiger charge is 2.47. The van der Waals surface area contributed by atoms with Crippen LogP contribution in [0.15, 0.2) is 103 Å². The molecule has 17 amide bonds. The number of fused-ring (bicyclic) bond motifs is 4. The molecule has 0 radical (unpaired) electrons. The number of thioether (sulfide) groups is 1. The third kappa shape index (κ3) is 30.6. The number of rotatable bonds is 27. The molecular weight excluding hydrogens is 1820 g/mol. The van der Waals surface area contributed by atoms with Gasteiger partial charge in [0, 0.05) is 125 Å². The smallest absolute Gasteiger partial charge is 0.246 e. The van der Waals surface area contributed by atoms with Gasteiger partial charge in [-0.2, -0.15) is 0 Å². The summed E-state index contributed by atoms with van der Waals surface area (Å²) in [4.78, 5) is 274. The second-order valence-corrected chi connectivity index (χ2v) is 36.5. The molecule has 46 nitrogen and oxygen atoms in total. The minimum atomic E-state index is -1.90. The van der Waals surface area contributed by atoms with E-state index in [4.69, 9.17) is 34.1 Å². The molecule has 754 valence electrons. The van der Waals surface area contributed by atoms with Crippen molar-refractivity contribution in [2.45, 2.75) is 234 Å². The molecule has 0 bridgehead atoms. The van der Waals surface area contributed by atoms with Crippen LogP contribution in [0.5, 0.6) is 0 Å². The van der Waals surface area contributed by atoms with E-state index in [-0.39, 0.29) is 95.6 Å². The van der Waals surface area contributed by atoms with Gasteiger partial charge in [-0.1, -0.05) is 102 Å². The largest absolute Gasteiger partial charge is 0.394 e. The van der Waals surface area contributed by atoms with Gasteiger partial charge in [0.15, 0.2) is 11.9 Å². The molecule has 3 fully saturated rings. The van der Waals surface area contributed by atoms with E-state index in [2.05, 4.69) is 83.4 Å². The number of hydrogen-bond donors (Lipinski definition) is 22. The zero-order valence-corrected chi connectivity index (χ0v) is 80.0. The molecule has 6 heterocycles. The van der Waals surface area contributed by atoms with Crippen molar-refractivity contribution in [2.75, 3.05) is 65.4 Å². The molecule has 3 aromatic carbocycles. The Bertz CT molecular complexity index is 5400.